The molecular weight excluding hydrogens is 343 g/mol. The predicted octanol–water partition coefficient (Wildman–Crippen LogP) is 0.853. The molecule has 1 heterocycles. The predicted molar refractivity (Wildman–Crippen MR) is 57.7 cm³/mol. The monoisotopic (exact) mass is 349 g/mol. The van der Waals surface area contributed by atoms with Crippen LogP contribution in [0.15, 0.2) is 11.1 Å². The van der Waals surface area contributed by atoms with Gasteiger partial charge in [0.05, 0.1) is 9.26 Å². The fourth-order valence-corrected chi connectivity index (χ4v) is 3.05. The molecule has 84 valence electrons. The van der Waals surface area contributed by atoms with Crippen molar-refractivity contribution < 1.29 is 17.2 Å². The van der Waals surface area contributed by atoms with Crippen LogP contribution in [0.3, 0.4) is 0 Å². The highest BCUT2D eigenvalue weighted by Gasteiger charge is 2.24. The molecule has 0 unspecified atom stereocenters. The number of anilines is 1. The van der Waals surface area contributed by atoms with Gasteiger partial charge in [0.15, 0.2) is 0 Å². The molecule has 0 atom stereocenters. The van der Waals surface area contributed by atoms with Gasteiger partial charge >= 0.3 is 0 Å². The Balaban J connectivity index is 3.59. The molecule has 0 aliphatic rings. The lowest BCUT2D eigenvalue weighted by Gasteiger charge is -2.09. The molecule has 0 fully saturated rings. The number of nitrogens with zero attached hydrogens (tertiary/aromatic N) is 1. The van der Waals surface area contributed by atoms with E-state index in [1.165, 1.54) is 0 Å². The lowest BCUT2D eigenvalue weighted by molar-refractivity contribution is 0.146. The zero-order chi connectivity index (χ0) is 11.8. The Morgan fingerprint density at radius 1 is 1.47 bits per heavy atom. The summed E-state index contributed by atoms with van der Waals surface area (Å²) in [5.41, 5.74) is 3.89. The summed E-state index contributed by atoms with van der Waals surface area (Å²) in [6.45, 7) is 0. The van der Waals surface area contributed by atoms with E-state index >= 15 is 0 Å². The van der Waals surface area contributed by atoms with Crippen LogP contribution in [0.25, 0.3) is 0 Å². The van der Waals surface area contributed by atoms with Crippen molar-refractivity contribution in [2.24, 2.45) is 5.14 Å². The van der Waals surface area contributed by atoms with Gasteiger partial charge in [-0.05, 0) is 22.6 Å². The number of aromatic nitrogens is 1. The van der Waals surface area contributed by atoms with Crippen molar-refractivity contribution in [2.75, 3.05) is 5.73 Å². The summed E-state index contributed by atoms with van der Waals surface area (Å²) >= 11 is 1.60. The topological polar surface area (TPSA) is 99.1 Å². The van der Waals surface area contributed by atoms with Gasteiger partial charge in [0.1, 0.15) is 10.6 Å². The summed E-state index contributed by atoms with van der Waals surface area (Å²) in [4.78, 5) is 2.84. The van der Waals surface area contributed by atoms with E-state index in [1.54, 1.807) is 22.6 Å². The second kappa shape index (κ2) is 4.14. The first-order valence-corrected chi connectivity index (χ1v) is 6.12. The number of halogens is 3. The SMILES string of the molecule is Nc1c(C(F)F)ncc(I)c1S(N)(=O)=O. The van der Waals surface area contributed by atoms with Gasteiger partial charge in [0, 0.05) is 6.20 Å². The first-order valence-electron chi connectivity index (χ1n) is 3.50. The lowest BCUT2D eigenvalue weighted by atomic mass is 10.3. The minimum Gasteiger partial charge on any atom is -0.396 e. The summed E-state index contributed by atoms with van der Waals surface area (Å²) in [7, 11) is -4.13. The van der Waals surface area contributed by atoms with E-state index in [0.29, 0.717) is 0 Å². The largest absolute Gasteiger partial charge is 0.396 e. The maximum Gasteiger partial charge on any atom is 0.282 e. The van der Waals surface area contributed by atoms with Crippen LogP contribution in [0.4, 0.5) is 14.5 Å². The highest BCUT2D eigenvalue weighted by molar-refractivity contribution is 14.1. The molecule has 1 aromatic heterocycles. The molecule has 1 aromatic rings. The van der Waals surface area contributed by atoms with Crippen molar-refractivity contribution >= 4 is 38.3 Å². The maximum atomic E-state index is 12.3. The smallest absolute Gasteiger partial charge is 0.282 e. The third-order valence-electron chi connectivity index (χ3n) is 1.55. The molecule has 0 amide bonds. The van der Waals surface area contributed by atoms with E-state index in [4.69, 9.17) is 10.9 Å². The highest BCUT2D eigenvalue weighted by atomic mass is 127. The van der Waals surface area contributed by atoms with Crippen molar-refractivity contribution in [1.29, 1.82) is 0 Å². The molecular formula is C6H6F2IN3O2S. The lowest BCUT2D eigenvalue weighted by Crippen LogP contribution is -2.18. The molecule has 9 heteroatoms. The van der Waals surface area contributed by atoms with E-state index < -0.39 is 32.7 Å². The molecule has 4 N–H and O–H groups in total. The number of nitrogens with two attached hydrogens (primary N) is 2. The fourth-order valence-electron chi connectivity index (χ4n) is 0.962. The Labute approximate surface area is 98.0 Å². The van der Waals surface area contributed by atoms with Gasteiger partial charge in [-0.3, -0.25) is 4.98 Å². The molecule has 0 saturated heterocycles. The van der Waals surface area contributed by atoms with E-state index in [2.05, 4.69) is 4.98 Å². The molecule has 0 aliphatic carbocycles. The molecule has 15 heavy (non-hydrogen) atoms. The van der Waals surface area contributed by atoms with Gasteiger partial charge in [-0.25, -0.2) is 22.3 Å². The van der Waals surface area contributed by atoms with Gasteiger partial charge in [0.25, 0.3) is 6.43 Å². The molecule has 5 nitrogen and oxygen atoms in total. The van der Waals surface area contributed by atoms with E-state index in [1.807, 2.05) is 0 Å². The molecule has 0 spiro atoms. The zero-order valence-electron chi connectivity index (χ0n) is 7.12. The number of alkyl halides is 2. The van der Waals surface area contributed by atoms with Crippen LogP contribution >= 0.6 is 22.6 Å². The average molecular weight is 349 g/mol. The number of pyridine rings is 1. The van der Waals surface area contributed by atoms with Gasteiger partial charge in [0.2, 0.25) is 10.0 Å². The molecule has 0 aromatic carbocycles. The van der Waals surface area contributed by atoms with Crippen molar-refractivity contribution in [1.82, 2.24) is 4.98 Å². The molecule has 0 bridgehead atoms. The Morgan fingerprint density at radius 2 is 2.00 bits per heavy atom. The maximum absolute atomic E-state index is 12.3. The minimum atomic E-state index is -4.13. The van der Waals surface area contributed by atoms with Gasteiger partial charge in [-0.15, -0.1) is 0 Å². The third-order valence-corrected chi connectivity index (χ3v) is 3.74. The Morgan fingerprint density at radius 3 is 2.40 bits per heavy atom. The first-order chi connectivity index (χ1) is 6.75. The second-order valence-electron chi connectivity index (χ2n) is 2.58. The summed E-state index contributed by atoms with van der Waals surface area (Å²) in [6, 6.07) is 0. The number of sulfonamides is 1. The number of nitrogen functional groups attached to an aromatic ring is 1. The third kappa shape index (κ3) is 2.52. The van der Waals surface area contributed by atoms with Crippen LogP contribution in [0, 0.1) is 3.57 Å². The molecule has 0 saturated carbocycles. The van der Waals surface area contributed by atoms with E-state index in [0.717, 1.165) is 6.20 Å². The molecule has 0 aliphatic heterocycles. The summed E-state index contributed by atoms with van der Waals surface area (Å²) in [5, 5.41) is 4.84. The van der Waals surface area contributed by atoms with Crippen LogP contribution in [-0.2, 0) is 10.0 Å². The quantitative estimate of drug-likeness (QED) is 0.774. The van der Waals surface area contributed by atoms with Crippen molar-refractivity contribution in [3.8, 4) is 0 Å². The van der Waals surface area contributed by atoms with E-state index in [9.17, 15) is 17.2 Å². The average Bonchev–Trinajstić information content (AvgIpc) is 2.00. The van der Waals surface area contributed by atoms with Crippen LogP contribution in [0.2, 0.25) is 0 Å². The number of hydrogen-bond acceptors (Lipinski definition) is 4. The Hall–Kier alpha value is -0.550. The highest BCUT2D eigenvalue weighted by Crippen LogP contribution is 2.30. The number of hydrogen-bond donors (Lipinski definition) is 2. The van der Waals surface area contributed by atoms with Crippen molar-refractivity contribution in [3.63, 3.8) is 0 Å². The van der Waals surface area contributed by atoms with Crippen molar-refractivity contribution in [3.05, 3.63) is 15.5 Å². The Bertz CT molecular complexity index is 491. The minimum absolute atomic E-state index is 0.108. The first kappa shape index (κ1) is 12.5. The number of rotatable bonds is 2. The standard InChI is InChI=1S/C6H6F2IN3O2S/c7-6(8)4-3(10)5(15(11,13)14)2(9)1-12-4/h1,6H,10H2,(H2,11,13,14). The van der Waals surface area contributed by atoms with Crippen LogP contribution in [0.1, 0.15) is 12.1 Å². The summed E-state index contributed by atoms with van der Waals surface area (Å²) in [5.74, 6) is 0. The fraction of sp³-hybridized carbons (Fsp3) is 0.167. The molecule has 0 radical (unpaired) electrons. The Kier molecular flexibility index (Phi) is 3.45. The van der Waals surface area contributed by atoms with Crippen LogP contribution < -0.4 is 10.9 Å². The normalized spacial score (nSPS) is 12.1. The van der Waals surface area contributed by atoms with Crippen LogP contribution in [0.5, 0.6) is 0 Å². The van der Waals surface area contributed by atoms with Crippen LogP contribution in [-0.4, -0.2) is 13.4 Å². The zero-order valence-corrected chi connectivity index (χ0v) is 10.1. The van der Waals surface area contributed by atoms with Gasteiger partial charge < -0.3 is 5.73 Å². The molecule has 1 rings (SSSR count). The van der Waals surface area contributed by atoms with E-state index in [-0.39, 0.29) is 3.57 Å². The second-order valence-corrected chi connectivity index (χ2v) is 5.24. The number of primary sulfonamides is 1. The van der Waals surface area contributed by atoms with Gasteiger partial charge in [-0.1, -0.05) is 0 Å². The van der Waals surface area contributed by atoms with Crippen molar-refractivity contribution in [2.45, 2.75) is 11.3 Å². The summed E-state index contributed by atoms with van der Waals surface area (Å²) < 4.78 is 46.9. The summed E-state index contributed by atoms with van der Waals surface area (Å²) in [6.07, 6.45) is -1.96. The van der Waals surface area contributed by atoms with Gasteiger partial charge in [-0.2, -0.15) is 0 Å².